The number of alkyl halides is 3. The van der Waals surface area contributed by atoms with Gasteiger partial charge in [-0.15, -0.1) is 11.3 Å². The Labute approximate surface area is 133 Å². The number of halogens is 3. The summed E-state index contributed by atoms with van der Waals surface area (Å²) in [6.07, 6.45) is -4.29. The van der Waals surface area contributed by atoms with E-state index >= 15 is 0 Å². The Morgan fingerprint density at radius 1 is 1.39 bits per heavy atom. The summed E-state index contributed by atoms with van der Waals surface area (Å²) in [7, 11) is 1.38. The normalized spacial score (nSPS) is 18.7. The minimum atomic E-state index is -4.53. The van der Waals surface area contributed by atoms with Crippen LogP contribution in [0.2, 0.25) is 0 Å². The van der Waals surface area contributed by atoms with Crippen molar-refractivity contribution in [2.75, 3.05) is 7.11 Å². The highest BCUT2D eigenvalue weighted by Crippen LogP contribution is 2.40. The molecule has 23 heavy (non-hydrogen) atoms. The highest BCUT2D eigenvalue weighted by molar-refractivity contribution is 7.19. The Hall–Kier alpha value is -2.16. The van der Waals surface area contributed by atoms with Crippen molar-refractivity contribution < 1.29 is 22.7 Å². The summed E-state index contributed by atoms with van der Waals surface area (Å²) in [6.45, 7) is 1.80. The van der Waals surface area contributed by atoms with Gasteiger partial charge in [-0.05, 0) is 12.1 Å². The predicted octanol–water partition coefficient (Wildman–Crippen LogP) is 3.18. The number of carbonyl (C=O) groups is 1. The van der Waals surface area contributed by atoms with E-state index in [0.717, 1.165) is 0 Å². The molecule has 5 nitrogen and oxygen atoms in total. The largest absolute Gasteiger partial charge is 0.494 e. The molecule has 2 heterocycles. The average molecular weight is 343 g/mol. The minimum absolute atomic E-state index is 0.147. The van der Waals surface area contributed by atoms with Crippen LogP contribution in [-0.2, 0) is 11.0 Å². The molecule has 0 spiro atoms. The minimum Gasteiger partial charge on any atom is -0.494 e. The molecule has 0 fully saturated rings. The third-order valence-electron chi connectivity index (χ3n) is 3.50. The smallest absolute Gasteiger partial charge is 0.443 e. The Kier molecular flexibility index (Phi) is 3.75. The first-order valence-electron chi connectivity index (χ1n) is 6.72. The molecule has 1 amide bonds. The van der Waals surface area contributed by atoms with E-state index in [2.05, 4.69) is 15.5 Å². The molecule has 0 saturated heterocycles. The van der Waals surface area contributed by atoms with Gasteiger partial charge in [0, 0.05) is 17.9 Å². The molecule has 0 radical (unpaired) electrons. The number of hydrogen-bond acceptors (Lipinski definition) is 5. The number of amides is 1. The highest BCUT2D eigenvalue weighted by Gasteiger charge is 2.36. The van der Waals surface area contributed by atoms with Gasteiger partial charge in [-0.3, -0.25) is 4.79 Å². The number of thiazole rings is 1. The summed E-state index contributed by atoms with van der Waals surface area (Å²) in [5.41, 5.74) is 3.58. The number of ether oxygens (including phenoxy) is 1. The van der Waals surface area contributed by atoms with Crippen LogP contribution in [0.5, 0.6) is 5.75 Å². The van der Waals surface area contributed by atoms with Crippen LogP contribution in [0.25, 0.3) is 10.2 Å². The second-order valence-corrected chi connectivity index (χ2v) is 6.15. The summed E-state index contributed by atoms with van der Waals surface area (Å²) in [6, 6.07) is 3.20. The molecule has 1 N–H and O–H groups in total. The van der Waals surface area contributed by atoms with Gasteiger partial charge in [0.2, 0.25) is 5.91 Å². The molecule has 0 bridgehead atoms. The molecule has 9 heteroatoms. The van der Waals surface area contributed by atoms with E-state index in [1.165, 1.54) is 7.11 Å². The van der Waals surface area contributed by atoms with E-state index in [9.17, 15) is 18.0 Å². The molecule has 122 valence electrons. The fourth-order valence-electron chi connectivity index (χ4n) is 2.45. The molecule has 1 aromatic heterocycles. The van der Waals surface area contributed by atoms with Crippen molar-refractivity contribution in [1.29, 1.82) is 0 Å². The maximum Gasteiger partial charge on any atom is 0.443 e. The number of nitrogens with one attached hydrogen (secondary N) is 1. The van der Waals surface area contributed by atoms with Crippen LogP contribution in [0.1, 0.15) is 23.9 Å². The van der Waals surface area contributed by atoms with Crippen molar-refractivity contribution in [3.8, 4) is 5.75 Å². The van der Waals surface area contributed by atoms with Crippen molar-refractivity contribution in [1.82, 2.24) is 10.4 Å². The van der Waals surface area contributed by atoms with Crippen LogP contribution < -0.4 is 10.2 Å². The molecule has 0 saturated carbocycles. The van der Waals surface area contributed by atoms with Gasteiger partial charge in [0.05, 0.1) is 17.5 Å². The van der Waals surface area contributed by atoms with Gasteiger partial charge >= 0.3 is 6.18 Å². The first kappa shape index (κ1) is 15.7. The van der Waals surface area contributed by atoms with Gasteiger partial charge in [-0.2, -0.15) is 18.3 Å². The third kappa shape index (κ3) is 2.76. The lowest BCUT2D eigenvalue weighted by Crippen LogP contribution is -2.32. The number of hydrogen-bond donors (Lipinski definition) is 1. The second-order valence-electron chi connectivity index (χ2n) is 5.15. The first-order chi connectivity index (χ1) is 10.8. The number of benzene rings is 1. The Bertz CT molecular complexity index is 813. The molecule has 2 aromatic rings. The van der Waals surface area contributed by atoms with Crippen LogP contribution >= 0.6 is 11.3 Å². The zero-order valence-corrected chi connectivity index (χ0v) is 13.0. The second kappa shape index (κ2) is 5.48. The summed E-state index contributed by atoms with van der Waals surface area (Å²) >= 11 is 0.547. The van der Waals surface area contributed by atoms with Crippen molar-refractivity contribution in [3.63, 3.8) is 0 Å². The summed E-state index contributed by atoms with van der Waals surface area (Å²) in [5, 5.41) is 3.07. The predicted molar refractivity (Wildman–Crippen MR) is 79.6 cm³/mol. The summed E-state index contributed by atoms with van der Waals surface area (Å²) in [4.78, 5) is 15.0. The SMILES string of the molecule is COc1ccc(C2=NNC(=O)CC2C)c2sc(C(F)(F)F)nc12. The number of nitrogens with zero attached hydrogens (tertiary/aromatic N) is 2. The topological polar surface area (TPSA) is 63.6 Å². The van der Waals surface area contributed by atoms with Crippen molar-refractivity contribution >= 4 is 33.2 Å². The first-order valence-corrected chi connectivity index (χ1v) is 7.54. The van der Waals surface area contributed by atoms with Gasteiger partial charge in [0.15, 0.2) is 5.01 Å². The molecular weight excluding hydrogens is 331 g/mol. The average Bonchev–Trinajstić information content (AvgIpc) is 2.92. The Balaban J connectivity index is 2.22. The molecule has 0 aliphatic carbocycles. The standard InChI is InChI=1S/C14H12F3N3O2S/c1-6-5-9(21)19-20-10(6)7-3-4-8(22-2)11-12(7)23-13(18-11)14(15,16)17/h3-4,6H,5H2,1-2H3,(H,19,21). The number of carbonyl (C=O) groups excluding carboxylic acids is 1. The molecular formula is C14H12F3N3O2S. The molecule has 3 rings (SSSR count). The van der Waals surface area contributed by atoms with Crippen LogP contribution in [0.4, 0.5) is 13.2 Å². The lowest BCUT2D eigenvalue weighted by molar-refractivity contribution is -0.137. The molecule has 1 aliphatic rings. The number of methoxy groups -OCH3 is 1. The van der Waals surface area contributed by atoms with E-state index in [-0.39, 0.29) is 29.5 Å². The number of aromatic nitrogens is 1. The molecule has 1 unspecified atom stereocenters. The van der Waals surface area contributed by atoms with E-state index in [1.807, 2.05) is 0 Å². The van der Waals surface area contributed by atoms with Gasteiger partial charge < -0.3 is 4.74 Å². The molecule has 1 aromatic carbocycles. The summed E-state index contributed by atoms with van der Waals surface area (Å²) in [5.74, 6) is -0.147. The van der Waals surface area contributed by atoms with Crippen LogP contribution in [0, 0.1) is 5.92 Å². The third-order valence-corrected chi connectivity index (χ3v) is 4.64. The van der Waals surface area contributed by atoms with E-state index < -0.39 is 11.2 Å². The number of hydrazone groups is 1. The van der Waals surface area contributed by atoms with Crippen LogP contribution in [-0.4, -0.2) is 23.7 Å². The fourth-order valence-corrected chi connectivity index (χ4v) is 3.42. The van der Waals surface area contributed by atoms with E-state index in [4.69, 9.17) is 4.74 Å². The molecule has 1 aliphatic heterocycles. The lowest BCUT2D eigenvalue weighted by atomic mass is 9.94. The Morgan fingerprint density at radius 3 is 2.74 bits per heavy atom. The van der Waals surface area contributed by atoms with E-state index in [0.29, 0.717) is 27.3 Å². The number of rotatable bonds is 2. The summed E-state index contributed by atoms with van der Waals surface area (Å²) < 4.78 is 44.4. The monoisotopic (exact) mass is 343 g/mol. The Morgan fingerprint density at radius 2 is 2.13 bits per heavy atom. The molecule has 1 atom stereocenters. The van der Waals surface area contributed by atoms with E-state index in [1.54, 1.807) is 19.1 Å². The fraction of sp³-hybridized carbons (Fsp3) is 0.357. The zero-order valence-electron chi connectivity index (χ0n) is 12.2. The van der Waals surface area contributed by atoms with Crippen molar-refractivity contribution in [3.05, 3.63) is 22.7 Å². The maximum absolute atomic E-state index is 13.0. The van der Waals surface area contributed by atoms with Gasteiger partial charge in [0.25, 0.3) is 0 Å². The zero-order chi connectivity index (χ0) is 16.8. The number of fused-ring (bicyclic) bond motifs is 1. The van der Waals surface area contributed by atoms with Gasteiger partial charge in [-0.25, -0.2) is 10.4 Å². The maximum atomic E-state index is 13.0. The van der Waals surface area contributed by atoms with Crippen LogP contribution in [0.15, 0.2) is 17.2 Å². The van der Waals surface area contributed by atoms with Gasteiger partial charge in [-0.1, -0.05) is 6.92 Å². The highest BCUT2D eigenvalue weighted by atomic mass is 32.1. The van der Waals surface area contributed by atoms with Crippen molar-refractivity contribution in [2.45, 2.75) is 19.5 Å². The lowest BCUT2D eigenvalue weighted by Gasteiger charge is -2.19. The van der Waals surface area contributed by atoms with Crippen LogP contribution in [0.3, 0.4) is 0 Å². The van der Waals surface area contributed by atoms with Crippen molar-refractivity contribution in [2.24, 2.45) is 11.0 Å². The quantitative estimate of drug-likeness (QED) is 0.911. The van der Waals surface area contributed by atoms with Gasteiger partial charge in [0.1, 0.15) is 11.3 Å².